The lowest BCUT2D eigenvalue weighted by Gasteiger charge is -2.22. The first kappa shape index (κ1) is 16.2. The van der Waals surface area contributed by atoms with E-state index in [9.17, 15) is 4.39 Å². The van der Waals surface area contributed by atoms with Crippen molar-refractivity contribution in [2.45, 2.75) is 18.1 Å². The van der Waals surface area contributed by atoms with Crippen LogP contribution < -0.4 is 0 Å². The average molecular weight is 377 g/mol. The van der Waals surface area contributed by atoms with Crippen LogP contribution in [0.15, 0.2) is 35.3 Å². The SMILES string of the molecule is CN(C)C(=NC1CC1(F)c1ccccc1)N(C)C.I. The van der Waals surface area contributed by atoms with Crippen molar-refractivity contribution in [1.82, 2.24) is 9.80 Å². The third kappa shape index (κ3) is 3.38. The Kier molecular flexibility index (Phi) is 5.18. The van der Waals surface area contributed by atoms with Gasteiger partial charge in [-0.1, -0.05) is 30.3 Å². The molecule has 19 heavy (non-hydrogen) atoms. The van der Waals surface area contributed by atoms with Gasteiger partial charge in [0.1, 0.15) is 0 Å². The van der Waals surface area contributed by atoms with Crippen molar-refractivity contribution in [3.05, 3.63) is 35.9 Å². The highest BCUT2D eigenvalue weighted by Crippen LogP contribution is 2.52. The topological polar surface area (TPSA) is 18.8 Å². The van der Waals surface area contributed by atoms with Gasteiger partial charge in [-0.25, -0.2) is 9.38 Å². The van der Waals surface area contributed by atoms with Crippen LogP contribution >= 0.6 is 24.0 Å². The first-order valence-corrected chi connectivity index (χ1v) is 6.12. The lowest BCUT2D eigenvalue weighted by Crippen LogP contribution is -2.36. The Hall–Kier alpha value is -0.850. The summed E-state index contributed by atoms with van der Waals surface area (Å²) in [7, 11) is 7.68. The van der Waals surface area contributed by atoms with Crippen molar-refractivity contribution in [2.24, 2.45) is 4.99 Å². The molecule has 0 aromatic heterocycles. The largest absolute Gasteiger partial charge is 0.349 e. The van der Waals surface area contributed by atoms with Gasteiger partial charge in [0.25, 0.3) is 0 Å². The molecule has 2 rings (SSSR count). The van der Waals surface area contributed by atoms with Gasteiger partial charge in [-0.05, 0) is 5.56 Å². The number of halogens is 2. The zero-order valence-corrected chi connectivity index (χ0v) is 14.1. The molecule has 1 aromatic carbocycles. The molecule has 106 valence electrons. The Morgan fingerprint density at radius 2 is 1.68 bits per heavy atom. The Morgan fingerprint density at radius 1 is 1.16 bits per heavy atom. The van der Waals surface area contributed by atoms with Crippen LogP contribution in [-0.2, 0) is 5.67 Å². The summed E-state index contributed by atoms with van der Waals surface area (Å²) in [5.41, 5.74) is -0.547. The number of rotatable bonds is 2. The minimum Gasteiger partial charge on any atom is -0.349 e. The molecule has 1 saturated carbocycles. The zero-order chi connectivity index (χ0) is 13.3. The van der Waals surface area contributed by atoms with Gasteiger partial charge >= 0.3 is 0 Å². The van der Waals surface area contributed by atoms with Crippen molar-refractivity contribution in [3.8, 4) is 0 Å². The maximum atomic E-state index is 14.6. The molecular formula is C14H21FIN3. The van der Waals surface area contributed by atoms with Crippen molar-refractivity contribution in [3.63, 3.8) is 0 Å². The third-order valence-corrected chi connectivity index (χ3v) is 3.18. The Labute approximate surface area is 131 Å². The quantitative estimate of drug-likeness (QED) is 0.449. The van der Waals surface area contributed by atoms with Crippen molar-refractivity contribution in [2.75, 3.05) is 28.2 Å². The van der Waals surface area contributed by atoms with E-state index in [0.29, 0.717) is 6.42 Å². The van der Waals surface area contributed by atoms with E-state index < -0.39 is 5.67 Å². The monoisotopic (exact) mass is 377 g/mol. The molecule has 0 heterocycles. The summed E-state index contributed by atoms with van der Waals surface area (Å²) in [4.78, 5) is 8.32. The van der Waals surface area contributed by atoms with Gasteiger partial charge in [-0.3, -0.25) is 0 Å². The molecule has 0 amide bonds. The molecule has 0 radical (unpaired) electrons. The molecule has 1 aliphatic carbocycles. The number of nitrogens with zero attached hydrogens (tertiary/aromatic N) is 3. The normalized spacial score (nSPS) is 24.2. The summed E-state index contributed by atoms with van der Waals surface area (Å²) in [5, 5.41) is 0. The Morgan fingerprint density at radius 3 is 2.16 bits per heavy atom. The van der Waals surface area contributed by atoms with Gasteiger partial charge in [0.05, 0.1) is 6.04 Å². The van der Waals surface area contributed by atoms with E-state index in [1.807, 2.05) is 68.3 Å². The fourth-order valence-electron chi connectivity index (χ4n) is 2.17. The van der Waals surface area contributed by atoms with Gasteiger partial charge in [0, 0.05) is 34.6 Å². The lowest BCUT2D eigenvalue weighted by atomic mass is 10.1. The highest BCUT2D eigenvalue weighted by Gasteiger charge is 2.57. The fourth-order valence-corrected chi connectivity index (χ4v) is 2.17. The Bertz CT molecular complexity index is 437. The Balaban J connectivity index is 0.00000180. The van der Waals surface area contributed by atoms with E-state index in [2.05, 4.69) is 4.99 Å². The van der Waals surface area contributed by atoms with Crippen LogP contribution in [0.3, 0.4) is 0 Å². The second-order valence-electron chi connectivity index (χ2n) is 5.17. The van der Waals surface area contributed by atoms with E-state index in [1.165, 1.54) is 0 Å². The van der Waals surface area contributed by atoms with E-state index in [0.717, 1.165) is 11.5 Å². The van der Waals surface area contributed by atoms with Crippen molar-refractivity contribution in [1.29, 1.82) is 0 Å². The first-order valence-electron chi connectivity index (χ1n) is 6.12. The highest BCUT2D eigenvalue weighted by molar-refractivity contribution is 14.0. The number of alkyl halides is 1. The van der Waals surface area contributed by atoms with Crippen LogP contribution in [0, 0.1) is 0 Å². The second-order valence-corrected chi connectivity index (χ2v) is 5.17. The summed E-state index contributed by atoms with van der Waals surface area (Å²) in [6, 6.07) is 9.04. The number of hydrogen-bond acceptors (Lipinski definition) is 1. The van der Waals surface area contributed by atoms with Gasteiger partial charge in [0.15, 0.2) is 11.6 Å². The number of guanidine groups is 1. The molecule has 0 bridgehead atoms. The molecule has 1 aromatic rings. The fraction of sp³-hybridized carbons (Fsp3) is 0.500. The lowest BCUT2D eigenvalue weighted by molar-refractivity contribution is 0.305. The van der Waals surface area contributed by atoms with Gasteiger partial charge < -0.3 is 9.80 Å². The molecule has 0 spiro atoms. The van der Waals surface area contributed by atoms with Gasteiger partial charge in [-0.15, -0.1) is 24.0 Å². The van der Waals surface area contributed by atoms with Crippen LogP contribution in [0.4, 0.5) is 4.39 Å². The molecule has 0 saturated heterocycles. The minimum absolute atomic E-state index is 0. The summed E-state index contributed by atoms with van der Waals surface area (Å²) in [6.07, 6.45) is 0.474. The van der Waals surface area contributed by atoms with E-state index in [-0.39, 0.29) is 30.0 Å². The predicted molar refractivity (Wildman–Crippen MR) is 87.9 cm³/mol. The van der Waals surface area contributed by atoms with Gasteiger partial charge in [0.2, 0.25) is 0 Å². The predicted octanol–water partition coefficient (Wildman–Crippen LogP) is 2.72. The summed E-state index contributed by atoms with van der Waals surface area (Å²) in [5.74, 6) is 0.801. The van der Waals surface area contributed by atoms with Crippen molar-refractivity contribution < 1.29 is 4.39 Å². The standard InChI is InChI=1S/C14H20FN3.HI/c1-17(2)13(18(3)4)16-12-10-14(12,15)11-8-6-5-7-9-11;/h5-9,12H,10H2,1-4H3;1H. The molecule has 3 nitrogen and oxygen atoms in total. The summed E-state index contributed by atoms with van der Waals surface area (Å²) < 4.78 is 14.6. The molecule has 1 aliphatic rings. The molecule has 1 fully saturated rings. The van der Waals surface area contributed by atoms with Gasteiger partial charge in [-0.2, -0.15) is 0 Å². The van der Waals surface area contributed by atoms with Crippen LogP contribution in [0.2, 0.25) is 0 Å². The molecule has 5 heteroatoms. The van der Waals surface area contributed by atoms with Crippen LogP contribution in [0.5, 0.6) is 0 Å². The minimum atomic E-state index is -1.28. The molecule has 2 atom stereocenters. The van der Waals surface area contributed by atoms with Crippen molar-refractivity contribution >= 4 is 29.9 Å². The molecule has 2 unspecified atom stereocenters. The molecule has 0 N–H and O–H groups in total. The average Bonchev–Trinajstić information content (AvgIpc) is 2.99. The molecular weight excluding hydrogens is 356 g/mol. The molecule has 0 aliphatic heterocycles. The van der Waals surface area contributed by atoms with Crippen LogP contribution in [0.1, 0.15) is 12.0 Å². The number of aliphatic imine (C=N–C) groups is 1. The summed E-state index contributed by atoms with van der Waals surface area (Å²) >= 11 is 0. The van der Waals surface area contributed by atoms with E-state index >= 15 is 0 Å². The van der Waals surface area contributed by atoms with E-state index in [1.54, 1.807) is 0 Å². The summed E-state index contributed by atoms with van der Waals surface area (Å²) in [6.45, 7) is 0. The maximum Gasteiger partial charge on any atom is 0.195 e. The number of benzene rings is 1. The first-order chi connectivity index (χ1) is 8.45. The zero-order valence-electron chi connectivity index (χ0n) is 11.8. The van der Waals surface area contributed by atoms with Crippen LogP contribution in [0.25, 0.3) is 0 Å². The van der Waals surface area contributed by atoms with E-state index in [4.69, 9.17) is 0 Å². The van der Waals surface area contributed by atoms with Crippen LogP contribution in [-0.4, -0.2) is 50.0 Å². The highest BCUT2D eigenvalue weighted by atomic mass is 127. The number of hydrogen-bond donors (Lipinski definition) is 0. The third-order valence-electron chi connectivity index (χ3n) is 3.18. The maximum absolute atomic E-state index is 14.6. The smallest absolute Gasteiger partial charge is 0.195 e. The second kappa shape index (κ2) is 6.07.